The summed E-state index contributed by atoms with van der Waals surface area (Å²) in [4.78, 5) is 16.8. The molecule has 0 aliphatic heterocycles. The summed E-state index contributed by atoms with van der Waals surface area (Å²) in [5, 5.41) is 7.36. The maximum absolute atomic E-state index is 12.5. The molecule has 128 valence electrons. The Bertz CT molecular complexity index is 878. The number of nitrogens with one attached hydrogen (secondary N) is 1. The van der Waals surface area contributed by atoms with Gasteiger partial charge in [0.25, 0.3) is 5.91 Å². The molecule has 1 aliphatic carbocycles. The number of hydrogen-bond acceptors (Lipinski definition) is 4. The summed E-state index contributed by atoms with van der Waals surface area (Å²) in [6.07, 6.45) is 4.81. The number of rotatable bonds is 5. The fourth-order valence-corrected chi connectivity index (χ4v) is 2.94. The molecular formula is C19H20N4O2. The number of oxazole rings is 1. The van der Waals surface area contributed by atoms with Gasteiger partial charge in [-0.1, -0.05) is 36.8 Å². The number of aryl methyl sites for hydroxylation is 1. The number of aromatic nitrogens is 3. The SMILES string of the molecule is Cc1cc(NC(=O)c2coc(C3CCC3)n2)n(Cc2ccccc2)n1. The minimum Gasteiger partial charge on any atom is -0.448 e. The minimum atomic E-state index is -0.275. The van der Waals surface area contributed by atoms with Gasteiger partial charge < -0.3 is 9.73 Å². The van der Waals surface area contributed by atoms with E-state index >= 15 is 0 Å². The maximum atomic E-state index is 12.5. The van der Waals surface area contributed by atoms with Gasteiger partial charge >= 0.3 is 0 Å². The Balaban J connectivity index is 1.50. The van der Waals surface area contributed by atoms with Crippen LogP contribution in [0.3, 0.4) is 0 Å². The van der Waals surface area contributed by atoms with Crippen molar-refractivity contribution in [2.45, 2.75) is 38.6 Å². The molecule has 0 atom stereocenters. The molecule has 0 unspecified atom stereocenters. The van der Waals surface area contributed by atoms with Crippen LogP contribution in [0.2, 0.25) is 0 Å². The molecule has 1 aliphatic rings. The van der Waals surface area contributed by atoms with Crippen LogP contribution in [0, 0.1) is 6.92 Å². The normalized spacial score (nSPS) is 14.3. The number of amides is 1. The van der Waals surface area contributed by atoms with Crippen molar-refractivity contribution in [3.05, 3.63) is 65.5 Å². The predicted molar refractivity (Wildman–Crippen MR) is 93.6 cm³/mol. The molecule has 2 aromatic heterocycles. The molecule has 0 radical (unpaired) electrons. The van der Waals surface area contributed by atoms with E-state index in [1.165, 1.54) is 12.7 Å². The van der Waals surface area contributed by atoms with E-state index < -0.39 is 0 Å². The van der Waals surface area contributed by atoms with Gasteiger partial charge in [0.2, 0.25) is 0 Å². The molecule has 3 aromatic rings. The average molecular weight is 336 g/mol. The van der Waals surface area contributed by atoms with Crippen molar-refractivity contribution in [2.24, 2.45) is 0 Å². The molecule has 6 nitrogen and oxygen atoms in total. The van der Waals surface area contributed by atoms with Crippen LogP contribution < -0.4 is 5.32 Å². The predicted octanol–water partition coefficient (Wildman–Crippen LogP) is 3.75. The molecule has 1 saturated carbocycles. The van der Waals surface area contributed by atoms with E-state index in [0.717, 1.165) is 24.1 Å². The summed E-state index contributed by atoms with van der Waals surface area (Å²) in [5.41, 5.74) is 2.28. The van der Waals surface area contributed by atoms with Gasteiger partial charge in [-0.15, -0.1) is 0 Å². The van der Waals surface area contributed by atoms with Gasteiger partial charge in [-0.2, -0.15) is 5.10 Å². The Morgan fingerprint density at radius 2 is 2.12 bits per heavy atom. The summed E-state index contributed by atoms with van der Waals surface area (Å²) in [7, 11) is 0. The first kappa shape index (κ1) is 15.6. The third-order valence-corrected chi connectivity index (χ3v) is 4.53. The summed E-state index contributed by atoms with van der Waals surface area (Å²) < 4.78 is 7.25. The third-order valence-electron chi connectivity index (χ3n) is 4.53. The molecule has 1 aromatic carbocycles. The van der Waals surface area contributed by atoms with Crippen LogP contribution in [0.25, 0.3) is 0 Å². The van der Waals surface area contributed by atoms with Crippen molar-refractivity contribution < 1.29 is 9.21 Å². The Labute approximate surface area is 145 Å². The van der Waals surface area contributed by atoms with E-state index in [-0.39, 0.29) is 5.91 Å². The van der Waals surface area contributed by atoms with E-state index in [2.05, 4.69) is 15.4 Å². The van der Waals surface area contributed by atoms with Crippen LogP contribution in [0.5, 0.6) is 0 Å². The summed E-state index contributed by atoms with van der Waals surface area (Å²) in [5.74, 6) is 1.42. The highest BCUT2D eigenvalue weighted by atomic mass is 16.3. The first-order valence-corrected chi connectivity index (χ1v) is 8.54. The fraction of sp³-hybridized carbons (Fsp3) is 0.316. The smallest absolute Gasteiger partial charge is 0.278 e. The van der Waals surface area contributed by atoms with Gasteiger partial charge in [0.1, 0.15) is 12.1 Å². The number of carbonyl (C=O) groups excluding carboxylic acids is 1. The number of nitrogens with zero attached hydrogens (tertiary/aromatic N) is 3. The molecule has 1 fully saturated rings. The van der Waals surface area contributed by atoms with Crippen LogP contribution in [0.1, 0.15) is 52.8 Å². The van der Waals surface area contributed by atoms with Gasteiger partial charge in [0, 0.05) is 12.0 Å². The Morgan fingerprint density at radius 1 is 1.32 bits per heavy atom. The lowest BCUT2D eigenvalue weighted by Gasteiger charge is -2.21. The molecule has 0 saturated heterocycles. The van der Waals surface area contributed by atoms with Crippen molar-refractivity contribution in [1.82, 2.24) is 14.8 Å². The van der Waals surface area contributed by atoms with Crippen LogP contribution in [-0.4, -0.2) is 20.7 Å². The van der Waals surface area contributed by atoms with Crippen molar-refractivity contribution >= 4 is 11.7 Å². The molecular weight excluding hydrogens is 316 g/mol. The number of anilines is 1. The Morgan fingerprint density at radius 3 is 2.84 bits per heavy atom. The van der Waals surface area contributed by atoms with E-state index in [0.29, 0.717) is 29.9 Å². The zero-order valence-corrected chi connectivity index (χ0v) is 14.1. The van der Waals surface area contributed by atoms with Crippen LogP contribution in [0.15, 0.2) is 47.1 Å². The summed E-state index contributed by atoms with van der Waals surface area (Å²) in [6.45, 7) is 2.50. The average Bonchev–Trinajstić information content (AvgIpc) is 3.14. The molecule has 0 bridgehead atoms. The van der Waals surface area contributed by atoms with Crippen LogP contribution in [-0.2, 0) is 6.54 Å². The Hall–Kier alpha value is -2.89. The minimum absolute atomic E-state index is 0.275. The van der Waals surface area contributed by atoms with E-state index in [4.69, 9.17) is 4.42 Å². The fourth-order valence-electron chi connectivity index (χ4n) is 2.94. The van der Waals surface area contributed by atoms with E-state index in [1.54, 1.807) is 4.68 Å². The van der Waals surface area contributed by atoms with Gasteiger partial charge in [-0.05, 0) is 25.3 Å². The van der Waals surface area contributed by atoms with Gasteiger partial charge in [0.15, 0.2) is 11.6 Å². The first-order valence-electron chi connectivity index (χ1n) is 8.54. The van der Waals surface area contributed by atoms with Crippen molar-refractivity contribution in [3.8, 4) is 0 Å². The molecule has 1 amide bonds. The molecule has 25 heavy (non-hydrogen) atoms. The molecule has 2 heterocycles. The first-order chi connectivity index (χ1) is 12.2. The van der Waals surface area contributed by atoms with E-state index in [1.807, 2.05) is 43.3 Å². The monoisotopic (exact) mass is 336 g/mol. The van der Waals surface area contributed by atoms with Crippen LogP contribution >= 0.6 is 0 Å². The Kier molecular flexibility index (Phi) is 4.09. The number of benzene rings is 1. The van der Waals surface area contributed by atoms with E-state index in [9.17, 15) is 4.79 Å². The molecule has 0 spiro atoms. The third kappa shape index (κ3) is 3.33. The van der Waals surface area contributed by atoms with Gasteiger partial charge in [-0.25, -0.2) is 9.67 Å². The zero-order valence-electron chi connectivity index (χ0n) is 14.1. The molecule has 4 rings (SSSR count). The maximum Gasteiger partial charge on any atom is 0.278 e. The molecule has 1 N–H and O–H groups in total. The topological polar surface area (TPSA) is 73.0 Å². The second-order valence-electron chi connectivity index (χ2n) is 6.47. The quantitative estimate of drug-likeness (QED) is 0.770. The lowest BCUT2D eigenvalue weighted by atomic mass is 9.85. The van der Waals surface area contributed by atoms with Crippen molar-refractivity contribution in [2.75, 3.05) is 5.32 Å². The zero-order chi connectivity index (χ0) is 17.2. The van der Waals surface area contributed by atoms with Crippen LogP contribution in [0.4, 0.5) is 5.82 Å². The summed E-state index contributed by atoms with van der Waals surface area (Å²) in [6, 6.07) is 11.9. The van der Waals surface area contributed by atoms with Crippen molar-refractivity contribution in [1.29, 1.82) is 0 Å². The highest BCUT2D eigenvalue weighted by Crippen LogP contribution is 2.35. The number of hydrogen-bond donors (Lipinski definition) is 1. The van der Waals surface area contributed by atoms with Gasteiger partial charge in [0.05, 0.1) is 12.2 Å². The largest absolute Gasteiger partial charge is 0.448 e. The van der Waals surface area contributed by atoms with Gasteiger partial charge in [-0.3, -0.25) is 4.79 Å². The highest BCUT2D eigenvalue weighted by molar-refractivity contribution is 6.02. The highest BCUT2D eigenvalue weighted by Gasteiger charge is 2.25. The standard InChI is InChI=1S/C19H20N4O2/c1-13-10-17(23(22-13)11-14-6-3-2-4-7-14)21-18(24)16-12-25-19(20-16)15-8-5-9-15/h2-4,6-7,10,12,15H,5,8-9,11H2,1H3,(H,21,24). The lowest BCUT2D eigenvalue weighted by molar-refractivity contribution is 0.102. The molecule has 6 heteroatoms. The number of carbonyl (C=O) groups is 1. The summed E-state index contributed by atoms with van der Waals surface area (Å²) >= 11 is 0. The second kappa shape index (κ2) is 6.55. The lowest BCUT2D eigenvalue weighted by Crippen LogP contribution is -2.17. The van der Waals surface area contributed by atoms with Crippen molar-refractivity contribution in [3.63, 3.8) is 0 Å². The second-order valence-corrected chi connectivity index (χ2v) is 6.47.